The lowest BCUT2D eigenvalue weighted by molar-refractivity contribution is -0.120. The standard InChI is InChI=1S/C17H18N4O2S/c1-19-10-14(3-2-8-22)16(23)21-17-20-11-15(24-17)13-6-4-12(9-18)5-7-13/h4-8,11,14,19H,2-3,10H2,1H3,(H,20,21,23). The molecule has 0 bridgehead atoms. The molecule has 1 heterocycles. The molecule has 0 saturated heterocycles. The average molecular weight is 342 g/mol. The van der Waals surface area contributed by atoms with Crippen molar-refractivity contribution in [1.82, 2.24) is 10.3 Å². The lowest BCUT2D eigenvalue weighted by Gasteiger charge is -2.13. The van der Waals surface area contributed by atoms with Crippen LogP contribution in [-0.4, -0.2) is 30.8 Å². The van der Waals surface area contributed by atoms with Gasteiger partial charge >= 0.3 is 0 Å². The van der Waals surface area contributed by atoms with Gasteiger partial charge in [-0.05, 0) is 31.2 Å². The molecule has 1 amide bonds. The molecule has 2 rings (SSSR count). The van der Waals surface area contributed by atoms with Crippen LogP contribution in [0.3, 0.4) is 0 Å². The summed E-state index contributed by atoms with van der Waals surface area (Å²) in [7, 11) is 1.77. The number of nitrogens with one attached hydrogen (secondary N) is 2. The zero-order valence-corrected chi connectivity index (χ0v) is 14.1. The molecular weight excluding hydrogens is 324 g/mol. The van der Waals surface area contributed by atoms with Crippen LogP contribution in [-0.2, 0) is 9.59 Å². The van der Waals surface area contributed by atoms with Crippen LogP contribution in [0.15, 0.2) is 30.5 Å². The molecule has 0 aliphatic heterocycles. The molecule has 1 atom stereocenters. The van der Waals surface area contributed by atoms with Crippen LogP contribution in [0.2, 0.25) is 0 Å². The summed E-state index contributed by atoms with van der Waals surface area (Å²) in [5, 5.41) is 15.1. The second-order valence-corrected chi connectivity index (χ2v) is 6.24. The smallest absolute Gasteiger partial charge is 0.230 e. The van der Waals surface area contributed by atoms with Crippen molar-refractivity contribution < 1.29 is 9.59 Å². The van der Waals surface area contributed by atoms with E-state index in [0.29, 0.717) is 30.1 Å². The van der Waals surface area contributed by atoms with Crippen LogP contribution in [0.5, 0.6) is 0 Å². The van der Waals surface area contributed by atoms with E-state index in [1.807, 2.05) is 12.1 Å². The van der Waals surface area contributed by atoms with Crippen molar-refractivity contribution in [3.63, 3.8) is 0 Å². The Bertz CT molecular complexity index is 734. The Morgan fingerprint density at radius 1 is 1.42 bits per heavy atom. The number of nitrogens with zero attached hydrogens (tertiary/aromatic N) is 2. The van der Waals surface area contributed by atoms with Gasteiger partial charge in [0.05, 0.1) is 22.4 Å². The molecule has 1 aromatic heterocycles. The second kappa shape index (κ2) is 8.91. The summed E-state index contributed by atoms with van der Waals surface area (Å²) in [6, 6.07) is 9.28. The molecule has 2 aromatic rings. The maximum atomic E-state index is 12.3. The third kappa shape index (κ3) is 4.72. The van der Waals surface area contributed by atoms with Crippen molar-refractivity contribution in [3.8, 4) is 16.5 Å². The van der Waals surface area contributed by atoms with Crippen LogP contribution in [0.4, 0.5) is 5.13 Å². The lowest BCUT2D eigenvalue weighted by atomic mass is 10.0. The fourth-order valence-corrected chi connectivity index (χ4v) is 3.05. The quantitative estimate of drug-likeness (QED) is 0.719. The Labute approximate surface area is 144 Å². The predicted octanol–water partition coefficient (Wildman–Crippen LogP) is 2.43. The van der Waals surface area contributed by atoms with Crippen molar-refractivity contribution >= 4 is 28.7 Å². The highest BCUT2D eigenvalue weighted by Crippen LogP contribution is 2.29. The molecule has 1 aromatic carbocycles. The van der Waals surface area contributed by atoms with Crippen LogP contribution in [0.25, 0.3) is 10.4 Å². The van der Waals surface area contributed by atoms with Gasteiger partial charge in [-0.1, -0.05) is 23.5 Å². The fourth-order valence-electron chi connectivity index (χ4n) is 2.22. The number of thiazole rings is 1. The first-order valence-corrected chi connectivity index (χ1v) is 8.35. The van der Waals surface area contributed by atoms with E-state index in [4.69, 9.17) is 5.26 Å². The molecule has 124 valence electrons. The minimum Gasteiger partial charge on any atom is -0.319 e. The summed E-state index contributed by atoms with van der Waals surface area (Å²) >= 11 is 1.37. The fraction of sp³-hybridized carbons (Fsp3) is 0.294. The van der Waals surface area contributed by atoms with E-state index in [1.54, 1.807) is 25.4 Å². The minimum absolute atomic E-state index is 0.146. The molecule has 0 fully saturated rings. The Morgan fingerprint density at radius 3 is 2.79 bits per heavy atom. The van der Waals surface area contributed by atoms with Crippen LogP contribution < -0.4 is 10.6 Å². The zero-order valence-electron chi connectivity index (χ0n) is 13.3. The molecule has 7 heteroatoms. The van der Waals surface area contributed by atoms with Crippen molar-refractivity contribution in [3.05, 3.63) is 36.0 Å². The highest BCUT2D eigenvalue weighted by atomic mass is 32.1. The van der Waals surface area contributed by atoms with Gasteiger partial charge in [0.15, 0.2) is 5.13 Å². The Balaban J connectivity index is 2.05. The summed E-state index contributed by atoms with van der Waals surface area (Å²) in [6.07, 6.45) is 3.38. The number of aromatic nitrogens is 1. The van der Waals surface area contributed by atoms with E-state index in [2.05, 4.69) is 21.7 Å². The number of nitriles is 1. The number of hydrogen-bond acceptors (Lipinski definition) is 6. The van der Waals surface area contributed by atoms with Crippen molar-refractivity contribution in [2.45, 2.75) is 12.8 Å². The molecule has 0 spiro atoms. The summed E-state index contributed by atoms with van der Waals surface area (Å²) in [5.41, 5.74) is 1.54. The van der Waals surface area contributed by atoms with Crippen LogP contribution in [0, 0.1) is 17.2 Å². The Kier molecular flexibility index (Phi) is 6.61. The zero-order chi connectivity index (χ0) is 17.4. The number of amides is 1. The number of anilines is 1. The van der Waals surface area contributed by atoms with Gasteiger partial charge in [0, 0.05) is 19.2 Å². The molecule has 0 aliphatic rings. The van der Waals surface area contributed by atoms with E-state index in [-0.39, 0.29) is 11.8 Å². The SMILES string of the molecule is CNCC(CCC=O)C(=O)Nc1ncc(-c2ccc(C#N)cc2)s1. The number of aldehydes is 1. The summed E-state index contributed by atoms with van der Waals surface area (Å²) in [6.45, 7) is 0.507. The highest BCUT2D eigenvalue weighted by molar-refractivity contribution is 7.19. The van der Waals surface area contributed by atoms with E-state index < -0.39 is 0 Å². The first-order chi connectivity index (χ1) is 11.7. The third-order valence-electron chi connectivity index (χ3n) is 3.49. The topological polar surface area (TPSA) is 94.9 Å². The summed E-state index contributed by atoms with van der Waals surface area (Å²) < 4.78 is 0. The lowest BCUT2D eigenvalue weighted by Crippen LogP contribution is -2.31. The number of benzene rings is 1. The van der Waals surface area contributed by atoms with Gasteiger partial charge in [-0.25, -0.2) is 4.98 Å². The van der Waals surface area contributed by atoms with Gasteiger partial charge < -0.3 is 15.4 Å². The average Bonchev–Trinajstić information content (AvgIpc) is 3.07. The van der Waals surface area contributed by atoms with E-state index in [0.717, 1.165) is 16.7 Å². The highest BCUT2D eigenvalue weighted by Gasteiger charge is 2.18. The second-order valence-electron chi connectivity index (χ2n) is 5.21. The monoisotopic (exact) mass is 342 g/mol. The number of hydrogen-bond donors (Lipinski definition) is 2. The summed E-state index contributed by atoms with van der Waals surface area (Å²) in [5.74, 6) is -0.422. The van der Waals surface area contributed by atoms with E-state index in [1.165, 1.54) is 11.3 Å². The van der Waals surface area contributed by atoms with Gasteiger partial charge in [-0.3, -0.25) is 4.79 Å². The van der Waals surface area contributed by atoms with Crippen LogP contribution >= 0.6 is 11.3 Å². The molecule has 2 N–H and O–H groups in total. The van der Waals surface area contributed by atoms with Crippen molar-refractivity contribution in [1.29, 1.82) is 5.26 Å². The molecular formula is C17H18N4O2S. The maximum absolute atomic E-state index is 12.3. The molecule has 0 aliphatic carbocycles. The van der Waals surface area contributed by atoms with Crippen molar-refractivity contribution in [2.24, 2.45) is 5.92 Å². The molecule has 24 heavy (non-hydrogen) atoms. The largest absolute Gasteiger partial charge is 0.319 e. The number of carbonyl (C=O) groups is 2. The first kappa shape index (κ1) is 17.8. The third-order valence-corrected chi connectivity index (χ3v) is 4.45. The van der Waals surface area contributed by atoms with E-state index >= 15 is 0 Å². The molecule has 0 radical (unpaired) electrons. The number of carbonyl (C=O) groups excluding carboxylic acids is 2. The van der Waals surface area contributed by atoms with Gasteiger partial charge in [0.25, 0.3) is 0 Å². The van der Waals surface area contributed by atoms with Crippen molar-refractivity contribution in [2.75, 3.05) is 18.9 Å². The number of rotatable bonds is 8. The van der Waals surface area contributed by atoms with Gasteiger partial charge in [-0.15, -0.1) is 0 Å². The van der Waals surface area contributed by atoms with E-state index in [9.17, 15) is 9.59 Å². The van der Waals surface area contributed by atoms with Gasteiger partial charge in [-0.2, -0.15) is 5.26 Å². The predicted molar refractivity (Wildman–Crippen MR) is 93.6 cm³/mol. The molecule has 6 nitrogen and oxygen atoms in total. The molecule has 0 saturated carbocycles. The molecule has 1 unspecified atom stereocenters. The van der Waals surface area contributed by atoms with Gasteiger partial charge in [0.2, 0.25) is 5.91 Å². The normalized spacial score (nSPS) is 11.5. The first-order valence-electron chi connectivity index (χ1n) is 7.53. The van der Waals surface area contributed by atoms with Crippen LogP contribution in [0.1, 0.15) is 18.4 Å². The minimum atomic E-state index is -0.275. The van der Waals surface area contributed by atoms with Gasteiger partial charge in [0.1, 0.15) is 6.29 Å². The Hall–Kier alpha value is -2.56. The Morgan fingerprint density at radius 2 is 2.17 bits per heavy atom. The maximum Gasteiger partial charge on any atom is 0.230 e. The summed E-state index contributed by atoms with van der Waals surface area (Å²) in [4.78, 5) is 28.0.